The maximum atomic E-state index is 2.29. The summed E-state index contributed by atoms with van der Waals surface area (Å²) in [5, 5.41) is 0. The minimum absolute atomic E-state index is 0.635. The Balaban J connectivity index is 2.78. The summed E-state index contributed by atoms with van der Waals surface area (Å²) in [6.45, 7) is 6.55. The Kier molecular flexibility index (Phi) is 2.70. The summed E-state index contributed by atoms with van der Waals surface area (Å²) >= 11 is 0. The number of rotatable bonds is 2. The second kappa shape index (κ2) is 3.56. The van der Waals surface area contributed by atoms with E-state index < -0.39 is 0 Å². The van der Waals surface area contributed by atoms with Gasteiger partial charge in [-0.15, -0.1) is 0 Å². The Hall–Kier alpha value is -0.780. The summed E-state index contributed by atoms with van der Waals surface area (Å²) in [5.74, 6) is 0.635. The van der Waals surface area contributed by atoms with Gasteiger partial charge in [0.05, 0.1) is 0 Å². The van der Waals surface area contributed by atoms with Gasteiger partial charge in [-0.05, 0) is 30.4 Å². The third kappa shape index (κ3) is 2.38. The predicted octanol–water partition coefficient (Wildman–Crippen LogP) is 3.20. The Morgan fingerprint density at radius 3 is 2.36 bits per heavy atom. The van der Waals surface area contributed by atoms with Crippen LogP contribution in [0.25, 0.3) is 0 Å². The van der Waals surface area contributed by atoms with Gasteiger partial charge in [0.15, 0.2) is 0 Å². The molecular formula is C11H15. The van der Waals surface area contributed by atoms with Crippen LogP contribution < -0.4 is 0 Å². The molecule has 0 aromatic heterocycles. The van der Waals surface area contributed by atoms with E-state index in [2.05, 4.69) is 51.5 Å². The Morgan fingerprint density at radius 1 is 1.18 bits per heavy atom. The summed E-state index contributed by atoms with van der Waals surface area (Å²) in [6.07, 6.45) is 2.29. The molecular weight excluding hydrogens is 132 g/mol. The molecule has 0 unspecified atom stereocenters. The van der Waals surface area contributed by atoms with Crippen molar-refractivity contribution in [3.8, 4) is 0 Å². The van der Waals surface area contributed by atoms with Crippen LogP contribution in [0.4, 0.5) is 0 Å². The van der Waals surface area contributed by atoms with Gasteiger partial charge >= 0.3 is 0 Å². The van der Waals surface area contributed by atoms with Crippen molar-refractivity contribution in [3.63, 3.8) is 0 Å². The van der Waals surface area contributed by atoms with E-state index in [9.17, 15) is 0 Å². The molecule has 0 aliphatic carbocycles. The molecule has 0 N–H and O–H groups in total. The Labute approximate surface area is 69.3 Å². The molecule has 0 fully saturated rings. The zero-order valence-corrected chi connectivity index (χ0v) is 7.46. The largest absolute Gasteiger partial charge is 0.0622 e. The van der Waals surface area contributed by atoms with Crippen molar-refractivity contribution < 1.29 is 0 Å². The lowest BCUT2D eigenvalue weighted by atomic mass is 9.99. The van der Waals surface area contributed by atoms with Crippen molar-refractivity contribution >= 4 is 0 Å². The highest BCUT2D eigenvalue weighted by atomic mass is 14.0. The summed E-state index contributed by atoms with van der Waals surface area (Å²) in [4.78, 5) is 0. The fourth-order valence-electron chi connectivity index (χ4n) is 1.13. The zero-order chi connectivity index (χ0) is 8.27. The van der Waals surface area contributed by atoms with Gasteiger partial charge in [0.25, 0.3) is 0 Å². The van der Waals surface area contributed by atoms with E-state index in [1.165, 1.54) is 11.1 Å². The normalized spacial score (nSPS) is 10.5. The van der Waals surface area contributed by atoms with E-state index in [0.717, 1.165) is 0 Å². The van der Waals surface area contributed by atoms with E-state index in [4.69, 9.17) is 0 Å². The van der Waals surface area contributed by atoms with Crippen molar-refractivity contribution in [2.75, 3.05) is 0 Å². The first-order valence-corrected chi connectivity index (χ1v) is 4.10. The maximum Gasteiger partial charge on any atom is -0.00648 e. The van der Waals surface area contributed by atoms with Crippen LogP contribution in [0.3, 0.4) is 0 Å². The molecule has 11 heavy (non-hydrogen) atoms. The highest BCUT2D eigenvalue weighted by molar-refractivity contribution is 5.31. The molecule has 0 heterocycles. The summed E-state index contributed by atoms with van der Waals surface area (Å²) in [7, 11) is 0. The molecule has 0 heteroatoms. The molecule has 1 radical (unpaired) electrons. The first kappa shape index (κ1) is 8.32. The number of aryl methyl sites for hydroxylation is 1. The summed E-state index contributed by atoms with van der Waals surface area (Å²) in [6, 6.07) is 8.47. The van der Waals surface area contributed by atoms with E-state index in [-0.39, 0.29) is 0 Å². The molecule has 0 aliphatic heterocycles. The standard InChI is InChI=1S/C11H15/c1-9(2)8-11-7-5-4-6-10(11)3/h4-9H,1-3H3. The fourth-order valence-corrected chi connectivity index (χ4v) is 1.13. The topological polar surface area (TPSA) is 0 Å². The first-order valence-electron chi connectivity index (χ1n) is 4.10. The average Bonchev–Trinajstić information content (AvgIpc) is 1.93. The summed E-state index contributed by atoms with van der Waals surface area (Å²) < 4.78 is 0. The van der Waals surface area contributed by atoms with Gasteiger partial charge in [0.2, 0.25) is 0 Å². The molecule has 0 bridgehead atoms. The van der Waals surface area contributed by atoms with Crippen LogP contribution in [0, 0.1) is 19.3 Å². The SMILES string of the molecule is Cc1ccccc1[CH]C(C)C. The minimum Gasteiger partial charge on any atom is -0.0622 e. The van der Waals surface area contributed by atoms with Gasteiger partial charge in [0.1, 0.15) is 0 Å². The molecule has 0 amide bonds. The minimum atomic E-state index is 0.635. The lowest BCUT2D eigenvalue weighted by molar-refractivity contribution is 0.774. The number of benzene rings is 1. The van der Waals surface area contributed by atoms with Crippen molar-refractivity contribution in [2.24, 2.45) is 5.92 Å². The van der Waals surface area contributed by atoms with Gasteiger partial charge in [-0.3, -0.25) is 0 Å². The average molecular weight is 147 g/mol. The van der Waals surface area contributed by atoms with Gasteiger partial charge in [0, 0.05) is 0 Å². The van der Waals surface area contributed by atoms with Crippen molar-refractivity contribution in [2.45, 2.75) is 20.8 Å². The van der Waals surface area contributed by atoms with E-state index >= 15 is 0 Å². The lowest BCUT2D eigenvalue weighted by Crippen LogP contribution is -1.92. The molecule has 0 saturated carbocycles. The van der Waals surface area contributed by atoms with Gasteiger partial charge in [-0.2, -0.15) is 0 Å². The van der Waals surface area contributed by atoms with Crippen molar-refractivity contribution in [1.82, 2.24) is 0 Å². The molecule has 0 spiro atoms. The Morgan fingerprint density at radius 2 is 1.82 bits per heavy atom. The van der Waals surface area contributed by atoms with Gasteiger partial charge in [-0.1, -0.05) is 38.1 Å². The molecule has 0 nitrogen and oxygen atoms in total. The molecule has 59 valence electrons. The van der Waals surface area contributed by atoms with E-state index in [0.29, 0.717) is 5.92 Å². The number of hydrogen-bond donors (Lipinski definition) is 0. The first-order chi connectivity index (χ1) is 5.20. The van der Waals surface area contributed by atoms with Crippen LogP contribution in [0.1, 0.15) is 25.0 Å². The summed E-state index contributed by atoms with van der Waals surface area (Å²) in [5.41, 5.74) is 2.73. The van der Waals surface area contributed by atoms with E-state index in [1.54, 1.807) is 0 Å². The van der Waals surface area contributed by atoms with Crippen LogP contribution in [0.15, 0.2) is 24.3 Å². The molecule has 1 aromatic carbocycles. The van der Waals surface area contributed by atoms with Crippen LogP contribution in [-0.4, -0.2) is 0 Å². The monoisotopic (exact) mass is 147 g/mol. The fraction of sp³-hybridized carbons (Fsp3) is 0.364. The predicted molar refractivity (Wildman–Crippen MR) is 49.4 cm³/mol. The lowest BCUT2D eigenvalue weighted by Gasteiger charge is -2.06. The second-order valence-electron chi connectivity index (χ2n) is 3.27. The third-order valence-electron chi connectivity index (χ3n) is 1.70. The Bertz CT molecular complexity index is 223. The maximum absolute atomic E-state index is 2.29. The van der Waals surface area contributed by atoms with Gasteiger partial charge in [-0.25, -0.2) is 0 Å². The highest BCUT2D eigenvalue weighted by Gasteiger charge is 1.99. The zero-order valence-electron chi connectivity index (χ0n) is 7.46. The van der Waals surface area contributed by atoms with E-state index in [1.807, 2.05) is 0 Å². The molecule has 0 saturated heterocycles. The van der Waals surface area contributed by atoms with Crippen LogP contribution >= 0.6 is 0 Å². The third-order valence-corrected chi connectivity index (χ3v) is 1.70. The van der Waals surface area contributed by atoms with Crippen molar-refractivity contribution in [3.05, 3.63) is 41.8 Å². The molecule has 1 aromatic rings. The van der Waals surface area contributed by atoms with Crippen LogP contribution in [0.2, 0.25) is 0 Å². The second-order valence-corrected chi connectivity index (χ2v) is 3.27. The highest BCUT2D eigenvalue weighted by Crippen LogP contribution is 2.14. The molecule has 0 atom stereocenters. The molecule has 1 rings (SSSR count). The van der Waals surface area contributed by atoms with Crippen molar-refractivity contribution in [1.29, 1.82) is 0 Å². The quantitative estimate of drug-likeness (QED) is 0.602. The molecule has 0 aliphatic rings. The smallest absolute Gasteiger partial charge is 0.00648 e. The van der Waals surface area contributed by atoms with Crippen LogP contribution in [-0.2, 0) is 0 Å². The number of hydrogen-bond acceptors (Lipinski definition) is 0. The van der Waals surface area contributed by atoms with Gasteiger partial charge < -0.3 is 0 Å². The van der Waals surface area contributed by atoms with Crippen LogP contribution in [0.5, 0.6) is 0 Å².